The number of carbonyl (C=O) groups excluding carboxylic acids is 1. The summed E-state index contributed by atoms with van der Waals surface area (Å²) in [6.45, 7) is 1.68. The van der Waals surface area contributed by atoms with E-state index in [9.17, 15) is 10.1 Å². The zero-order valence-corrected chi connectivity index (χ0v) is 13.2. The van der Waals surface area contributed by atoms with Gasteiger partial charge >= 0.3 is 5.97 Å². The standard InChI is InChI=1S/C19H20N2O2/c1-23-19(22)18(12-20)15-21(13-16-8-4-2-5-9-16)14-17-10-6-3-7-11-17/h2-11,18H,13-15H2,1H3/t18-/m0/s1. The normalized spacial score (nSPS) is 11.7. The zero-order valence-electron chi connectivity index (χ0n) is 13.2. The number of hydrogen-bond acceptors (Lipinski definition) is 4. The van der Waals surface area contributed by atoms with Gasteiger partial charge in [-0.15, -0.1) is 0 Å². The number of hydrogen-bond donors (Lipinski definition) is 0. The van der Waals surface area contributed by atoms with Crippen molar-refractivity contribution in [1.82, 2.24) is 4.90 Å². The minimum absolute atomic E-state index is 0.340. The highest BCUT2D eigenvalue weighted by Gasteiger charge is 2.22. The van der Waals surface area contributed by atoms with Crippen LogP contribution in [0.3, 0.4) is 0 Å². The fourth-order valence-corrected chi connectivity index (χ4v) is 2.44. The zero-order chi connectivity index (χ0) is 16.5. The van der Waals surface area contributed by atoms with Gasteiger partial charge < -0.3 is 4.74 Å². The van der Waals surface area contributed by atoms with Crippen molar-refractivity contribution >= 4 is 5.97 Å². The molecule has 0 bridgehead atoms. The first-order valence-corrected chi connectivity index (χ1v) is 7.50. The van der Waals surface area contributed by atoms with E-state index in [4.69, 9.17) is 4.74 Å². The Morgan fingerprint density at radius 1 is 1.04 bits per heavy atom. The van der Waals surface area contributed by atoms with E-state index in [1.54, 1.807) is 0 Å². The highest BCUT2D eigenvalue weighted by atomic mass is 16.5. The van der Waals surface area contributed by atoms with Gasteiger partial charge in [-0.25, -0.2) is 0 Å². The van der Waals surface area contributed by atoms with E-state index in [-0.39, 0.29) is 0 Å². The number of rotatable bonds is 7. The molecule has 0 aromatic heterocycles. The van der Waals surface area contributed by atoms with E-state index in [2.05, 4.69) is 4.90 Å². The molecule has 0 fully saturated rings. The molecule has 0 amide bonds. The van der Waals surface area contributed by atoms with Crippen LogP contribution in [0.25, 0.3) is 0 Å². The number of carbonyl (C=O) groups is 1. The summed E-state index contributed by atoms with van der Waals surface area (Å²) in [5.41, 5.74) is 2.29. The summed E-state index contributed by atoms with van der Waals surface area (Å²) in [7, 11) is 1.31. The Bertz CT molecular complexity index is 609. The summed E-state index contributed by atoms with van der Waals surface area (Å²) in [4.78, 5) is 13.8. The molecule has 0 unspecified atom stereocenters. The predicted octanol–water partition coefficient (Wildman–Crippen LogP) is 3.00. The molecule has 0 heterocycles. The van der Waals surface area contributed by atoms with Crippen molar-refractivity contribution < 1.29 is 9.53 Å². The second-order valence-electron chi connectivity index (χ2n) is 5.35. The van der Waals surface area contributed by atoms with Crippen LogP contribution in [-0.4, -0.2) is 24.5 Å². The molecule has 0 aliphatic rings. The van der Waals surface area contributed by atoms with Crippen LogP contribution in [0, 0.1) is 17.2 Å². The SMILES string of the molecule is COC(=O)[C@@H](C#N)CN(Cc1ccccc1)Cc1ccccc1. The highest BCUT2D eigenvalue weighted by molar-refractivity contribution is 5.75. The minimum Gasteiger partial charge on any atom is -0.468 e. The molecule has 4 nitrogen and oxygen atoms in total. The second-order valence-corrected chi connectivity index (χ2v) is 5.35. The summed E-state index contributed by atoms with van der Waals surface area (Å²) in [6.07, 6.45) is 0. The van der Waals surface area contributed by atoms with Gasteiger partial charge in [-0.1, -0.05) is 60.7 Å². The van der Waals surface area contributed by atoms with Crippen LogP contribution in [0.4, 0.5) is 0 Å². The lowest BCUT2D eigenvalue weighted by Crippen LogP contribution is -2.32. The maximum atomic E-state index is 11.7. The molecule has 0 spiro atoms. The fraction of sp³-hybridized carbons (Fsp3) is 0.263. The summed E-state index contributed by atoms with van der Waals surface area (Å²) in [6, 6.07) is 22.1. The smallest absolute Gasteiger partial charge is 0.324 e. The number of benzene rings is 2. The lowest BCUT2D eigenvalue weighted by molar-refractivity contribution is -0.144. The monoisotopic (exact) mass is 308 g/mol. The van der Waals surface area contributed by atoms with Gasteiger partial charge in [0, 0.05) is 19.6 Å². The summed E-state index contributed by atoms with van der Waals surface area (Å²) in [5.74, 6) is -1.27. The molecule has 23 heavy (non-hydrogen) atoms. The van der Waals surface area contributed by atoms with Crippen LogP contribution in [0.5, 0.6) is 0 Å². The van der Waals surface area contributed by atoms with E-state index in [1.807, 2.05) is 66.7 Å². The van der Waals surface area contributed by atoms with Crippen LogP contribution in [0.2, 0.25) is 0 Å². The maximum Gasteiger partial charge on any atom is 0.324 e. The molecule has 1 atom stereocenters. The number of nitrogens with zero attached hydrogens (tertiary/aromatic N) is 2. The lowest BCUT2D eigenvalue weighted by Gasteiger charge is -2.24. The summed E-state index contributed by atoms with van der Waals surface area (Å²) >= 11 is 0. The quantitative estimate of drug-likeness (QED) is 0.738. The molecule has 2 aromatic rings. The highest BCUT2D eigenvalue weighted by Crippen LogP contribution is 2.13. The Hall–Kier alpha value is -2.64. The van der Waals surface area contributed by atoms with Gasteiger partial charge in [0.2, 0.25) is 0 Å². The topological polar surface area (TPSA) is 53.3 Å². The summed E-state index contributed by atoms with van der Waals surface area (Å²) < 4.78 is 4.72. The molecular weight excluding hydrogens is 288 g/mol. The van der Waals surface area contributed by atoms with Crippen molar-refractivity contribution in [3.05, 3.63) is 71.8 Å². The second kappa shape index (κ2) is 8.72. The number of methoxy groups -OCH3 is 1. The van der Waals surface area contributed by atoms with Crippen molar-refractivity contribution in [2.45, 2.75) is 13.1 Å². The third-order valence-electron chi connectivity index (χ3n) is 3.58. The van der Waals surface area contributed by atoms with Crippen LogP contribution >= 0.6 is 0 Å². The third kappa shape index (κ3) is 5.24. The van der Waals surface area contributed by atoms with Crippen LogP contribution in [-0.2, 0) is 22.6 Å². The van der Waals surface area contributed by atoms with Gasteiger partial charge in [0.05, 0.1) is 13.2 Å². The Labute approximate surface area is 136 Å². The maximum absolute atomic E-state index is 11.7. The molecule has 0 saturated carbocycles. The van der Waals surface area contributed by atoms with Crippen molar-refractivity contribution in [1.29, 1.82) is 5.26 Å². The van der Waals surface area contributed by atoms with Crippen molar-refractivity contribution in [3.8, 4) is 6.07 Å². The van der Waals surface area contributed by atoms with Crippen LogP contribution in [0.1, 0.15) is 11.1 Å². The largest absolute Gasteiger partial charge is 0.468 e. The van der Waals surface area contributed by atoms with E-state index < -0.39 is 11.9 Å². The number of esters is 1. The minimum atomic E-state index is -0.785. The molecular formula is C19H20N2O2. The van der Waals surface area contributed by atoms with Crippen LogP contribution in [0.15, 0.2) is 60.7 Å². The molecule has 2 aromatic carbocycles. The predicted molar refractivity (Wildman–Crippen MR) is 88.1 cm³/mol. The van der Waals surface area contributed by atoms with Gasteiger partial charge in [0.25, 0.3) is 0 Å². The number of nitriles is 1. The van der Waals surface area contributed by atoms with E-state index >= 15 is 0 Å². The fourth-order valence-electron chi connectivity index (χ4n) is 2.44. The Morgan fingerprint density at radius 2 is 1.52 bits per heavy atom. The molecule has 0 aliphatic carbocycles. The summed E-state index contributed by atoms with van der Waals surface area (Å²) in [5, 5.41) is 9.23. The van der Waals surface area contributed by atoms with E-state index in [0.717, 1.165) is 11.1 Å². The average molecular weight is 308 g/mol. The van der Waals surface area contributed by atoms with Crippen molar-refractivity contribution in [3.63, 3.8) is 0 Å². The van der Waals surface area contributed by atoms with Gasteiger partial charge in [-0.2, -0.15) is 5.26 Å². The Balaban J connectivity index is 2.13. The molecule has 118 valence electrons. The van der Waals surface area contributed by atoms with Gasteiger partial charge in [-0.05, 0) is 11.1 Å². The first-order chi connectivity index (χ1) is 11.2. The molecule has 0 aliphatic heterocycles. The molecule has 0 saturated heterocycles. The van der Waals surface area contributed by atoms with Gasteiger partial charge in [0.1, 0.15) is 0 Å². The Kier molecular flexibility index (Phi) is 6.34. The van der Waals surface area contributed by atoms with Gasteiger partial charge in [0.15, 0.2) is 5.92 Å². The Morgan fingerprint density at radius 3 is 1.91 bits per heavy atom. The van der Waals surface area contributed by atoms with Crippen LogP contribution < -0.4 is 0 Å². The van der Waals surface area contributed by atoms with E-state index in [1.165, 1.54) is 7.11 Å². The number of ether oxygens (including phenoxy) is 1. The third-order valence-corrected chi connectivity index (χ3v) is 3.58. The van der Waals surface area contributed by atoms with E-state index in [0.29, 0.717) is 19.6 Å². The lowest BCUT2D eigenvalue weighted by atomic mass is 10.1. The first-order valence-electron chi connectivity index (χ1n) is 7.50. The average Bonchev–Trinajstić information content (AvgIpc) is 2.60. The van der Waals surface area contributed by atoms with Gasteiger partial charge in [-0.3, -0.25) is 9.69 Å². The molecule has 0 radical (unpaired) electrons. The molecule has 4 heteroatoms. The first kappa shape index (κ1) is 16.7. The van der Waals surface area contributed by atoms with Crippen molar-refractivity contribution in [2.24, 2.45) is 5.92 Å². The molecule has 2 rings (SSSR count). The van der Waals surface area contributed by atoms with Crippen molar-refractivity contribution in [2.75, 3.05) is 13.7 Å². The molecule has 0 N–H and O–H groups in total.